The molecule has 1 saturated carbocycles. The zero-order valence-electron chi connectivity index (χ0n) is 19.0. The molecular formula is C26H28F2N4O. The van der Waals surface area contributed by atoms with Crippen LogP contribution in [0.15, 0.2) is 42.7 Å². The lowest BCUT2D eigenvalue weighted by Gasteiger charge is -2.32. The second kappa shape index (κ2) is 9.35. The minimum atomic E-state index is -0.690. The topological polar surface area (TPSA) is 80.9 Å². The summed E-state index contributed by atoms with van der Waals surface area (Å²) < 4.78 is 29.3. The van der Waals surface area contributed by atoms with E-state index in [2.05, 4.69) is 22.2 Å². The standard InChI is InChI=1S/C26H28F2N4O/c1-14-8-16(3)24(21(28)11-14)25-20(27)4-5-22(31-25)26(33)32-23-13-30-7-6-19(23)17-9-15(2)10-18(29)12-17/h4-8,11,13,15,17-18H,9-10,12,29H2,1-3H3,(H,32,33). The van der Waals surface area contributed by atoms with E-state index in [-0.39, 0.29) is 28.9 Å². The first-order valence-electron chi connectivity index (χ1n) is 11.2. The van der Waals surface area contributed by atoms with Gasteiger partial charge in [0.25, 0.3) is 5.91 Å². The van der Waals surface area contributed by atoms with Crippen LogP contribution in [0, 0.1) is 31.4 Å². The Hall–Kier alpha value is -3.19. The molecule has 5 nitrogen and oxygen atoms in total. The zero-order valence-corrected chi connectivity index (χ0v) is 19.0. The van der Waals surface area contributed by atoms with E-state index < -0.39 is 17.5 Å². The van der Waals surface area contributed by atoms with Gasteiger partial charge in [-0.1, -0.05) is 13.0 Å². The Morgan fingerprint density at radius 1 is 1.09 bits per heavy atom. The van der Waals surface area contributed by atoms with Crippen LogP contribution in [0.2, 0.25) is 0 Å². The normalized spacial score (nSPS) is 20.5. The zero-order chi connectivity index (χ0) is 23.7. The molecule has 1 aliphatic rings. The molecule has 3 unspecified atom stereocenters. The first-order valence-corrected chi connectivity index (χ1v) is 11.2. The van der Waals surface area contributed by atoms with Crippen LogP contribution in [0.25, 0.3) is 11.3 Å². The maximum Gasteiger partial charge on any atom is 0.274 e. The van der Waals surface area contributed by atoms with Crippen molar-refractivity contribution >= 4 is 11.6 Å². The molecule has 0 spiro atoms. The SMILES string of the molecule is Cc1cc(C)c(-c2nc(C(=O)Nc3cnccc3C3CC(C)CC(N)C3)ccc2F)c(F)c1. The van der Waals surface area contributed by atoms with Gasteiger partial charge in [0, 0.05) is 17.8 Å². The number of benzene rings is 1. The fourth-order valence-electron chi connectivity index (χ4n) is 4.92. The number of nitrogens with zero attached hydrogens (tertiary/aromatic N) is 2. The van der Waals surface area contributed by atoms with Crippen molar-refractivity contribution in [3.8, 4) is 11.3 Å². The number of halogens is 2. The highest BCUT2D eigenvalue weighted by Gasteiger charge is 2.28. The second-order valence-corrected chi connectivity index (χ2v) is 9.15. The quantitative estimate of drug-likeness (QED) is 0.548. The molecule has 0 aliphatic heterocycles. The van der Waals surface area contributed by atoms with Gasteiger partial charge in [0.2, 0.25) is 0 Å². The first-order chi connectivity index (χ1) is 15.7. The molecule has 2 aromatic heterocycles. The summed E-state index contributed by atoms with van der Waals surface area (Å²) in [5.74, 6) is -1.07. The fourth-order valence-corrected chi connectivity index (χ4v) is 4.92. The third kappa shape index (κ3) is 4.93. The van der Waals surface area contributed by atoms with Gasteiger partial charge in [0.05, 0.1) is 11.9 Å². The highest BCUT2D eigenvalue weighted by molar-refractivity contribution is 6.03. The van der Waals surface area contributed by atoms with Crippen molar-refractivity contribution in [1.29, 1.82) is 0 Å². The molecule has 2 heterocycles. The van der Waals surface area contributed by atoms with E-state index in [1.807, 2.05) is 6.07 Å². The second-order valence-electron chi connectivity index (χ2n) is 9.15. The Morgan fingerprint density at radius 2 is 1.88 bits per heavy atom. The van der Waals surface area contributed by atoms with Crippen LogP contribution >= 0.6 is 0 Å². The number of carbonyl (C=O) groups is 1. The van der Waals surface area contributed by atoms with Gasteiger partial charge in [-0.25, -0.2) is 13.8 Å². The van der Waals surface area contributed by atoms with Crippen LogP contribution in [0.1, 0.15) is 59.3 Å². The molecule has 1 aromatic carbocycles. The maximum absolute atomic E-state index is 14.7. The monoisotopic (exact) mass is 450 g/mol. The smallest absolute Gasteiger partial charge is 0.274 e. The average molecular weight is 451 g/mol. The largest absolute Gasteiger partial charge is 0.328 e. The average Bonchev–Trinajstić information content (AvgIpc) is 2.74. The van der Waals surface area contributed by atoms with Gasteiger partial charge < -0.3 is 11.1 Å². The van der Waals surface area contributed by atoms with E-state index in [0.29, 0.717) is 17.2 Å². The van der Waals surface area contributed by atoms with Gasteiger partial charge >= 0.3 is 0 Å². The molecule has 1 amide bonds. The number of aromatic nitrogens is 2. The molecule has 33 heavy (non-hydrogen) atoms. The van der Waals surface area contributed by atoms with Crippen LogP contribution < -0.4 is 11.1 Å². The molecule has 1 aliphatic carbocycles. The fraction of sp³-hybridized carbons (Fsp3) is 0.346. The number of hydrogen-bond donors (Lipinski definition) is 2. The van der Waals surface area contributed by atoms with Crippen molar-refractivity contribution in [2.24, 2.45) is 11.7 Å². The van der Waals surface area contributed by atoms with E-state index in [9.17, 15) is 13.6 Å². The number of nitrogens with one attached hydrogen (secondary N) is 1. The molecule has 0 saturated heterocycles. The lowest BCUT2D eigenvalue weighted by molar-refractivity contribution is 0.102. The summed E-state index contributed by atoms with van der Waals surface area (Å²) in [6.07, 6.45) is 6.10. The van der Waals surface area contributed by atoms with Crippen LogP contribution in [0.4, 0.5) is 14.5 Å². The minimum absolute atomic E-state index is 0.00529. The van der Waals surface area contributed by atoms with E-state index >= 15 is 0 Å². The van der Waals surface area contributed by atoms with E-state index in [1.54, 1.807) is 32.3 Å². The Bertz CT molecular complexity index is 1160. The molecule has 0 radical (unpaired) electrons. The Morgan fingerprint density at radius 3 is 2.61 bits per heavy atom. The lowest BCUT2D eigenvalue weighted by atomic mass is 9.76. The van der Waals surface area contributed by atoms with Crippen LogP contribution in [0.3, 0.4) is 0 Å². The van der Waals surface area contributed by atoms with Gasteiger partial charge in [0.15, 0.2) is 0 Å². The number of rotatable bonds is 4. The van der Waals surface area contributed by atoms with Crippen molar-refractivity contribution in [1.82, 2.24) is 9.97 Å². The van der Waals surface area contributed by atoms with Crippen molar-refractivity contribution in [3.63, 3.8) is 0 Å². The van der Waals surface area contributed by atoms with Gasteiger partial charge in [0.1, 0.15) is 23.0 Å². The number of pyridine rings is 2. The number of carbonyl (C=O) groups excluding carboxylic acids is 1. The Balaban J connectivity index is 1.64. The number of nitrogens with two attached hydrogens (primary N) is 1. The maximum atomic E-state index is 14.7. The van der Waals surface area contributed by atoms with E-state index in [0.717, 1.165) is 36.5 Å². The van der Waals surface area contributed by atoms with Crippen molar-refractivity contribution in [3.05, 3.63) is 76.7 Å². The third-order valence-electron chi connectivity index (χ3n) is 6.27. The Labute approximate surface area is 192 Å². The molecule has 3 atom stereocenters. The summed E-state index contributed by atoms with van der Waals surface area (Å²) in [6, 6.07) is 7.54. The summed E-state index contributed by atoms with van der Waals surface area (Å²) >= 11 is 0. The van der Waals surface area contributed by atoms with Crippen LogP contribution in [0.5, 0.6) is 0 Å². The number of hydrogen-bond acceptors (Lipinski definition) is 4. The van der Waals surface area contributed by atoms with E-state index in [4.69, 9.17) is 5.73 Å². The molecule has 172 valence electrons. The predicted molar refractivity (Wildman–Crippen MR) is 125 cm³/mol. The molecule has 1 fully saturated rings. The summed E-state index contributed by atoms with van der Waals surface area (Å²) in [5.41, 5.74) is 8.94. The molecule has 3 N–H and O–H groups in total. The predicted octanol–water partition coefficient (Wildman–Crippen LogP) is 5.52. The minimum Gasteiger partial charge on any atom is -0.328 e. The number of amides is 1. The first kappa shape index (κ1) is 23.0. The van der Waals surface area contributed by atoms with Gasteiger partial charge in [-0.05, 0) is 85.9 Å². The third-order valence-corrected chi connectivity index (χ3v) is 6.27. The van der Waals surface area contributed by atoms with Gasteiger partial charge in [-0.2, -0.15) is 0 Å². The molecule has 0 bridgehead atoms. The summed E-state index contributed by atoms with van der Waals surface area (Å²) in [7, 11) is 0. The summed E-state index contributed by atoms with van der Waals surface area (Å²) in [4.78, 5) is 21.4. The van der Waals surface area contributed by atoms with E-state index in [1.165, 1.54) is 12.1 Å². The van der Waals surface area contributed by atoms with Crippen molar-refractivity contribution in [2.45, 2.75) is 52.0 Å². The summed E-state index contributed by atoms with van der Waals surface area (Å²) in [5, 5.41) is 2.87. The lowest BCUT2D eigenvalue weighted by Crippen LogP contribution is -2.31. The number of anilines is 1. The van der Waals surface area contributed by atoms with Gasteiger partial charge in [-0.15, -0.1) is 0 Å². The highest BCUT2D eigenvalue weighted by Crippen LogP contribution is 2.38. The molecule has 3 aromatic rings. The van der Waals surface area contributed by atoms with Gasteiger partial charge in [-0.3, -0.25) is 9.78 Å². The van der Waals surface area contributed by atoms with Crippen LogP contribution in [-0.4, -0.2) is 21.9 Å². The molecule has 7 heteroatoms. The highest BCUT2D eigenvalue weighted by atomic mass is 19.1. The summed E-state index contributed by atoms with van der Waals surface area (Å²) in [6.45, 7) is 5.64. The Kier molecular flexibility index (Phi) is 6.51. The molecular weight excluding hydrogens is 422 g/mol. The number of aryl methyl sites for hydroxylation is 2. The molecule has 4 rings (SSSR count). The van der Waals surface area contributed by atoms with Crippen LogP contribution in [-0.2, 0) is 0 Å². The van der Waals surface area contributed by atoms with Crippen molar-refractivity contribution < 1.29 is 13.6 Å². The van der Waals surface area contributed by atoms with Crippen molar-refractivity contribution in [2.75, 3.05) is 5.32 Å².